The van der Waals surface area contributed by atoms with E-state index in [1.54, 1.807) is 6.07 Å². The highest BCUT2D eigenvalue weighted by molar-refractivity contribution is 6.31. The van der Waals surface area contributed by atoms with Crippen LogP contribution in [0.2, 0.25) is 10.0 Å². The van der Waals surface area contributed by atoms with E-state index in [0.717, 1.165) is 11.1 Å². The van der Waals surface area contributed by atoms with E-state index in [1.807, 2.05) is 30.3 Å². The Morgan fingerprint density at radius 3 is 2.56 bits per heavy atom. The third-order valence-electron chi connectivity index (χ3n) is 2.22. The second kappa shape index (κ2) is 4.88. The summed E-state index contributed by atoms with van der Waals surface area (Å²) >= 11 is 11.8. The molecular weight excluding hydrogens is 243 g/mol. The highest BCUT2D eigenvalue weighted by Crippen LogP contribution is 2.26. The van der Waals surface area contributed by atoms with Crippen LogP contribution in [0.25, 0.3) is 11.1 Å². The maximum absolute atomic E-state index is 9.07. The SMILES string of the molecule is OCc1[c]c(Cl)cc(-c2cccc(Cl)c2)c1. The Balaban J connectivity index is 2.51. The molecule has 0 saturated heterocycles. The monoisotopic (exact) mass is 251 g/mol. The van der Waals surface area contributed by atoms with Crippen molar-refractivity contribution in [1.29, 1.82) is 0 Å². The second-order valence-electron chi connectivity index (χ2n) is 3.41. The van der Waals surface area contributed by atoms with Crippen molar-refractivity contribution in [3.05, 3.63) is 58.1 Å². The third-order valence-corrected chi connectivity index (χ3v) is 2.66. The lowest BCUT2D eigenvalue weighted by atomic mass is 10.0. The highest BCUT2D eigenvalue weighted by Gasteiger charge is 2.02. The number of aliphatic hydroxyl groups excluding tert-OH is 1. The van der Waals surface area contributed by atoms with Crippen LogP contribution in [0.5, 0.6) is 0 Å². The Morgan fingerprint density at radius 1 is 1.06 bits per heavy atom. The van der Waals surface area contributed by atoms with E-state index >= 15 is 0 Å². The number of rotatable bonds is 2. The van der Waals surface area contributed by atoms with E-state index in [4.69, 9.17) is 28.3 Å². The van der Waals surface area contributed by atoms with Gasteiger partial charge in [-0.15, -0.1) is 0 Å². The topological polar surface area (TPSA) is 20.2 Å². The summed E-state index contributed by atoms with van der Waals surface area (Å²) in [4.78, 5) is 0. The summed E-state index contributed by atoms with van der Waals surface area (Å²) in [7, 11) is 0. The molecule has 0 fully saturated rings. The Morgan fingerprint density at radius 2 is 1.88 bits per heavy atom. The van der Waals surface area contributed by atoms with Crippen molar-refractivity contribution in [1.82, 2.24) is 0 Å². The maximum Gasteiger partial charge on any atom is 0.0688 e. The van der Waals surface area contributed by atoms with Crippen LogP contribution in [0, 0.1) is 6.07 Å². The van der Waals surface area contributed by atoms with Gasteiger partial charge in [0.2, 0.25) is 0 Å². The third kappa shape index (κ3) is 2.56. The molecule has 3 heteroatoms. The first kappa shape index (κ1) is 11.5. The van der Waals surface area contributed by atoms with Gasteiger partial charge < -0.3 is 5.11 Å². The molecule has 0 saturated carbocycles. The van der Waals surface area contributed by atoms with E-state index in [0.29, 0.717) is 15.6 Å². The predicted octanol–water partition coefficient (Wildman–Crippen LogP) is 3.95. The molecule has 0 atom stereocenters. The zero-order chi connectivity index (χ0) is 11.5. The second-order valence-corrected chi connectivity index (χ2v) is 4.25. The molecule has 0 heterocycles. The first-order valence-electron chi connectivity index (χ1n) is 4.77. The summed E-state index contributed by atoms with van der Waals surface area (Å²) in [6, 6.07) is 14.0. The molecule has 1 radical (unpaired) electrons. The van der Waals surface area contributed by atoms with Gasteiger partial charge in [0, 0.05) is 16.1 Å². The molecule has 2 aromatic carbocycles. The summed E-state index contributed by atoms with van der Waals surface area (Å²) in [5, 5.41) is 10.2. The van der Waals surface area contributed by atoms with Crippen molar-refractivity contribution in [2.75, 3.05) is 0 Å². The Bertz CT molecular complexity index is 509. The highest BCUT2D eigenvalue weighted by atomic mass is 35.5. The van der Waals surface area contributed by atoms with E-state index in [9.17, 15) is 0 Å². The molecular formula is C13H9Cl2O. The summed E-state index contributed by atoms with van der Waals surface area (Å²) in [6.45, 7) is -0.0753. The van der Waals surface area contributed by atoms with Crippen molar-refractivity contribution >= 4 is 23.2 Å². The molecule has 0 aromatic heterocycles. The summed E-state index contributed by atoms with van der Waals surface area (Å²) in [6.07, 6.45) is 0. The largest absolute Gasteiger partial charge is 0.392 e. The standard InChI is InChI=1S/C13H9Cl2O/c14-12-3-1-2-10(6-12)11-4-9(8-16)5-13(15)7-11/h1-4,6-7,16H,8H2. The van der Waals surface area contributed by atoms with Gasteiger partial charge in [-0.1, -0.05) is 35.3 Å². The molecule has 0 unspecified atom stereocenters. The van der Waals surface area contributed by atoms with E-state index in [1.165, 1.54) is 0 Å². The van der Waals surface area contributed by atoms with Crippen LogP contribution in [-0.2, 0) is 6.61 Å². The lowest BCUT2D eigenvalue weighted by molar-refractivity contribution is 0.281. The predicted molar refractivity (Wildman–Crippen MR) is 66.7 cm³/mol. The molecule has 2 rings (SSSR count). The van der Waals surface area contributed by atoms with Crippen LogP contribution >= 0.6 is 23.2 Å². The zero-order valence-corrected chi connectivity index (χ0v) is 9.89. The van der Waals surface area contributed by atoms with Gasteiger partial charge in [0.1, 0.15) is 0 Å². The molecule has 0 spiro atoms. The van der Waals surface area contributed by atoms with Gasteiger partial charge in [0.05, 0.1) is 6.61 Å². The fourth-order valence-electron chi connectivity index (χ4n) is 1.51. The van der Waals surface area contributed by atoms with Crippen molar-refractivity contribution in [2.45, 2.75) is 6.61 Å². The molecule has 0 bridgehead atoms. The van der Waals surface area contributed by atoms with Crippen molar-refractivity contribution in [3.63, 3.8) is 0 Å². The van der Waals surface area contributed by atoms with E-state index in [2.05, 4.69) is 6.07 Å². The molecule has 1 nitrogen and oxygen atoms in total. The first-order valence-corrected chi connectivity index (χ1v) is 5.53. The minimum Gasteiger partial charge on any atom is -0.392 e. The van der Waals surface area contributed by atoms with Crippen LogP contribution in [0.4, 0.5) is 0 Å². The van der Waals surface area contributed by atoms with Crippen LogP contribution in [-0.4, -0.2) is 5.11 Å². The van der Waals surface area contributed by atoms with Gasteiger partial charge in [-0.05, 0) is 41.0 Å². The van der Waals surface area contributed by atoms with Crippen LogP contribution in [0.1, 0.15) is 5.56 Å². The molecule has 0 aliphatic rings. The molecule has 1 N–H and O–H groups in total. The van der Waals surface area contributed by atoms with Gasteiger partial charge in [0.15, 0.2) is 0 Å². The summed E-state index contributed by atoms with van der Waals surface area (Å²) < 4.78 is 0. The smallest absolute Gasteiger partial charge is 0.0688 e. The number of aliphatic hydroxyl groups is 1. The lowest BCUT2D eigenvalue weighted by Crippen LogP contribution is -1.86. The minimum atomic E-state index is -0.0753. The van der Waals surface area contributed by atoms with Crippen LogP contribution < -0.4 is 0 Å². The Hall–Kier alpha value is -1.02. The zero-order valence-electron chi connectivity index (χ0n) is 8.37. The quantitative estimate of drug-likeness (QED) is 0.857. The number of hydrogen-bond donors (Lipinski definition) is 1. The normalized spacial score (nSPS) is 10.4. The summed E-state index contributed by atoms with van der Waals surface area (Å²) in [5.74, 6) is 0. The number of halogens is 2. The average molecular weight is 252 g/mol. The Labute approximate surface area is 104 Å². The number of benzene rings is 2. The maximum atomic E-state index is 9.07. The van der Waals surface area contributed by atoms with Gasteiger partial charge in [-0.3, -0.25) is 0 Å². The summed E-state index contributed by atoms with van der Waals surface area (Å²) in [5.41, 5.74) is 2.57. The first-order chi connectivity index (χ1) is 7.69. The van der Waals surface area contributed by atoms with Gasteiger partial charge >= 0.3 is 0 Å². The fourth-order valence-corrected chi connectivity index (χ4v) is 1.94. The van der Waals surface area contributed by atoms with Gasteiger partial charge in [-0.2, -0.15) is 0 Å². The molecule has 0 amide bonds. The van der Waals surface area contributed by atoms with Crippen LogP contribution in [0.15, 0.2) is 36.4 Å². The van der Waals surface area contributed by atoms with Gasteiger partial charge in [-0.25, -0.2) is 0 Å². The van der Waals surface area contributed by atoms with Crippen LogP contribution in [0.3, 0.4) is 0 Å². The molecule has 0 aliphatic carbocycles. The molecule has 0 aliphatic heterocycles. The lowest BCUT2D eigenvalue weighted by Gasteiger charge is -2.05. The van der Waals surface area contributed by atoms with Gasteiger partial charge in [0.25, 0.3) is 0 Å². The van der Waals surface area contributed by atoms with Crippen molar-refractivity contribution in [2.24, 2.45) is 0 Å². The van der Waals surface area contributed by atoms with E-state index < -0.39 is 0 Å². The molecule has 16 heavy (non-hydrogen) atoms. The average Bonchev–Trinajstić information content (AvgIpc) is 2.28. The van der Waals surface area contributed by atoms with Crippen molar-refractivity contribution < 1.29 is 5.11 Å². The molecule has 2 aromatic rings. The van der Waals surface area contributed by atoms with E-state index in [-0.39, 0.29) is 6.61 Å². The van der Waals surface area contributed by atoms with Crippen molar-refractivity contribution in [3.8, 4) is 11.1 Å². The number of hydrogen-bond acceptors (Lipinski definition) is 1. The Kier molecular flexibility index (Phi) is 3.49. The minimum absolute atomic E-state index is 0.0753. The molecule has 81 valence electrons. The fraction of sp³-hybridized carbons (Fsp3) is 0.0769.